The highest BCUT2D eigenvalue weighted by atomic mass is 32.2. The molecule has 2 rings (SSSR count). The standard InChI is InChI=1S/C10H10N4S2/c11-9(12)8-4-2-1-3-7(8)5-15-10-14-13-6-16-10/h1-4,6H,5H2,(H3,11,12). The quantitative estimate of drug-likeness (QED) is 0.495. The first kappa shape index (κ1) is 11.1. The van der Waals surface area contributed by atoms with Gasteiger partial charge in [-0.25, -0.2) is 0 Å². The number of aromatic nitrogens is 2. The van der Waals surface area contributed by atoms with Crippen LogP contribution in [0.2, 0.25) is 0 Å². The van der Waals surface area contributed by atoms with Crippen molar-refractivity contribution in [1.29, 1.82) is 5.41 Å². The number of hydrogen-bond acceptors (Lipinski definition) is 5. The molecule has 0 unspecified atom stereocenters. The normalized spacial score (nSPS) is 10.2. The topological polar surface area (TPSA) is 75.7 Å². The number of rotatable bonds is 4. The Morgan fingerprint density at radius 1 is 1.44 bits per heavy atom. The average molecular weight is 250 g/mol. The van der Waals surface area contributed by atoms with Gasteiger partial charge >= 0.3 is 0 Å². The fourth-order valence-corrected chi connectivity index (χ4v) is 2.77. The van der Waals surface area contributed by atoms with Crippen LogP contribution in [0.5, 0.6) is 0 Å². The summed E-state index contributed by atoms with van der Waals surface area (Å²) in [5.74, 6) is 0.860. The van der Waals surface area contributed by atoms with Crippen molar-refractivity contribution < 1.29 is 0 Å². The van der Waals surface area contributed by atoms with Crippen molar-refractivity contribution in [2.75, 3.05) is 0 Å². The third kappa shape index (κ3) is 2.59. The second-order valence-electron chi connectivity index (χ2n) is 3.06. The van der Waals surface area contributed by atoms with E-state index in [1.165, 1.54) is 11.3 Å². The molecule has 0 aliphatic carbocycles. The number of nitrogen functional groups attached to an aromatic ring is 1. The number of thioether (sulfide) groups is 1. The van der Waals surface area contributed by atoms with E-state index in [4.69, 9.17) is 11.1 Å². The Morgan fingerprint density at radius 2 is 2.25 bits per heavy atom. The Hall–Kier alpha value is -1.40. The summed E-state index contributed by atoms with van der Waals surface area (Å²) in [5.41, 5.74) is 9.06. The van der Waals surface area contributed by atoms with Gasteiger partial charge in [-0.2, -0.15) is 0 Å². The van der Waals surface area contributed by atoms with Crippen molar-refractivity contribution >= 4 is 28.9 Å². The average Bonchev–Trinajstić information content (AvgIpc) is 2.79. The van der Waals surface area contributed by atoms with Gasteiger partial charge in [0.1, 0.15) is 11.3 Å². The van der Waals surface area contributed by atoms with Crippen LogP contribution < -0.4 is 5.73 Å². The molecule has 82 valence electrons. The summed E-state index contributed by atoms with van der Waals surface area (Å²) in [7, 11) is 0. The summed E-state index contributed by atoms with van der Waals surface area (Å²) in [6.45, 7) is 0. The van der Waals surface area contributed by atoms with Gasteiger partial charge in [-0.3, -0.25) is 5.41 Å². The first-order valence-electron chi connectivity index (χ1n) is 4.58. The molecule has 0 bridgehead atoms. The zero-order chi connectivity index (χ0) is 11.4. The number of nitrogens with two attached hydrogens (primary N) is 1. The van der Waals surface area contributed by atoms with Gasteiger partial charge < -0.3 is 5.73 Å². The van der Waals surface area contributed by atoms with E-state index in [1.54, 1.807) is 17.3 Å². The Labute approximate surface area is 101 Å². The number of amidine groups is 1. The molecule has 0 atom stereocenters. The van der Waals surface area contributed by atoms with E-state index < -0.39 is 0 Å². The molecule has 0 saturated carbocycles. The number of hydrogen-bond donors (Lipinski definition) is 2. The second kappa shape index (κ2) is 5.09. The fraction of sp³-hybridized carbons (Fsp3) is 0.100. The molecule has 16 heavy (non-hydrogen) atoms. The fourth-order valence-electron chi connectivity index (χ4n) is 1.27. The van der Waals surface area contributed by atoms with Gasteiger partial charge in [0.2, 0.25) is 0 Å². The molecule has 0 radical (unpaired) electrons. The lowest BCUT2D eigenvalue weighted by molar-refractivity contribution is 1.01. The largest absolute Gasteiger partial charge is 0.384 e. The molecule has 0 spiro atoms. The molecule has 0 amide bonds. The summed E-state index contributed by atoms with van der Waals surface area (Å²) in [5, 5.41) is 15.2. The van der Waals surface area contributed by atoms with Crippen LogP contribution >= 0.6 is 23.1 Å². The lowest BCUT2D eigenvalue weighted by Crippen LogP contribution is -2.13. The predicted molar refractivity (Wildman–Crippen MR) is 66.9 cm³/mol. The lowest BCUT2D eigenvalue weighted by Gasteiger charge is -2.05. The molecular formula is C10H10N4S2. The maximum atomic E-state index is 7.47. The van der Waals surface area contributed by atoms with E-state index in [0.717, 1.165) is 21.2 Å². The molecular weight excluding hydrogens is 240 g/mol. The maximum absolute atomic E-state index is 7.47. The third-order valence-corrected chi connectivity index (χ3v) is 3.91. The van der Waals surface area contributed by atoms with Crippen LogP contribution in [0.15, 0.2) is 34.1 Å². The van der Waals surface area contributed by atoms with Crippen LogP contribution in [0.1, 0.15) is 11.1 Å². The van der Waals surface area contributed by atoms with Gasteiger partial charge in [0.15, 0.2) is 4.34 Å². The van der Waals surface area contributed by atoms with E-state index in [1.807, 2.05) is 24.3 Å². The Kier molecular flexibility index (Phi) is 3.53. The van der Waals surface area contributed by atoms with Crippen LogP contribution in [0.3, 0.4) is 0 Å². The van der Waals surface area contributed by atoms with Crippen molar-refractivity contribution in [1.82, 2.24) is 10.2 Å². The van der Waals surface area contributed by atoms with E-state index in [2.05, 4.69) is 10.2 Å². The summed E-state index contributed by atoms with van der Waals surface area (Å²) >= 11 is 3.12. The smallest absolute Gasteiger partial charge is 0.174 e. The van der Waals surface area contributed by atoms with E-state index >= 15 is 0 Å². The monoisotopic (exact) mass is 250 g/mol. The third-order valence-electron chi connectivity index (χ3n) is 2.00. The second-order valence-corrected chi connectivity index (χ2v) is 5.12. The summed E-state index contributed by atoms with van der Waals surface area (Å²) in [6, 6.07) is 7.67. The first-order chi connectivity index (χ1) is 7.77. The van der Waals surface area contributed by atoms with E-state index in [9.17, 15) is 0 Å². The van der Waals surface area contributed by atoms with E-state index in [-0.39, 0.29) is 5.84 Å². The molecule has 4 nitrogen and oxygen atoms in total. The van der Waals surface area contributed by atoms with Gasteiger partial charge in [-0.05, 0) is 5.56 Å². The molecule has 0 fully saturated rings. The zero-order valence-electron chi connectivity index (χ0n) is 8.38. The molecule has 3 N–H and O–H groups in total. The van der Waals surface area contributed by atoms with Gasteiger partial charge in [0.25, 0.3) is 0 Å². The predicted octanol–water partition coefficient (Wildman–Crippen LogP) is 2.11. The van der Waals surface area contributed by atoms with E-state index in [0.29, 0.717) is 0 Å². The molecule has 1 aromatic heterocycles. The van der Waals surface area contributed by atoms with Crippen LogP contribution in [0.4, 0.5) is 0 Å². The molecule has 2 aromatic rings. The molecule has 0 aliphatic rings. The zero-order valence-corrected chi connectivity index (χ0v) is 10.0. The highest BCUT2D eigenvalue weighted by Gasteiger charge is 2.06. The summed E-state index contributed by atoms with van der Waals surface area (Å²) in [6.07, 6.45) is 0. The van der Waals surface area contributed by atoms with Crippen molar-refractivity contribution in [3.8, 4) is 0 Å². The number of nitrogens with zero attached hydrogens (tertiary/aromatic N) is 2. The first-order valence-corrected chi connectivity index (χ1v) is 6.45. The van der Waals surface area contributed by atoms with Gasteiger partial charge in [0.05, 0.1) is 0 Å². The van der Waals surface area contributed by atoms with Crippen LogP contribution in [-0.2, 0) is 5.75 Å². The van der Waals surface area contributed by atoms with Gasteiger partial charge in [-0.1, -0.05) is 47.4 Å². The van der Waals surface area contributed by atoms with Crippen molar-refractivity contribution in [2.24, 2.45) is 5.73 Å². The van der Waals surface area contributed by atoms with Crippen molar-refractivity contribution in [3.05, 3.63) is 40.9 Å². The van der Waals surface area contributed by atoms with Crippen LogP contribution in [0.25, 0.3) is 0 Å². The molecule has 1 heterocycles. The van der Waals surface area contributed by atoms with Gasteiger partial charge in [0, 0.05) is 11.3 Å². The Balaban J connectivity index is 2.12. The summed E-state index contributed by atoms with van der Waals surface area (Å²) < 4.78 is 0.929. The Bertz CT molecular complexity index is 481. The summed E-state index contributed by atoms with van der Waals surface area (Å²) in [4.78, 5) is 0. The molecule has 0 aliphatic heterocycles. The molecule has 6 heteroatoms. The SMILES string of the molecule is N=C(N)c1ccccc1CSc1nncs1. The molecule has 0 saturated heterocycles. The highest BCUT2D eigenvalue weighted by Crippen LogP contribution is 2.24. The maximum Gasteiger partial charge on any atom is 0.174 e. The highest BCUT2D eigenvalue weighted by molar-refractivity contribution is 8.00. The minimum Gasteiger partial charge on any atom is -0.384 e. The van der Waals surface area contributed by atoms with Crippen LogP contribution in [0, 0.1) is 5.41 Å². The number of nitrogens with one attached hydrogen (secondary N) is 1. The van der Waals surface area contributed by atoms with Crippen molar-refractivity contribution in [2.45, 2.75) is 10.1 Å². The minimum atomic E-state index is 0.105. The van der Waals surface area contributed by atoms with Crippen LogP contribution in [-0.4, -0.2) is 16.0 Å². The number of benzene rings is 1. The minimum absolute atomic E-state index is 0.105. The lowest BCUT2D eigenvalue weighted by atomic mass is 10.1. The Morgan fingerprint density at radius 3 is 2.94 bits per heavy atom. The van der Waals surface area contributed by atoms with Gasteiger partial charge in [-0.15, -0.1) is 10.2 Å². The van der Waals surface area contributed by atoms with Crippen molar-refractivity contribution in [3.63, 3.8) is 0 Å². The molecule has 1 aromatic carbocycles.